The normalized spacial score (nSPS) is 14.7. The molecule has 0 aliphatic rings. The average molecular weight is 295 g/mol. The summed E-state index contributed by atoms with van der Waals surface area (Å²) in [4.78, 5) is 12.0. The van der Waals surface area contributed by atoms with Crippen LogP contribution in [0.5, 0.6) is 0 Å². The van der Waals surface area contributed by atoms with Gasteiger partial charge in [0.15, 0.2) is 0 Å². The molecule has 15 heavy (non-hydrogen) atoms. The fraction of sp³-hybridized carbons (Fsp3) is 0.500. The van der Waals surface area contributed by atoms with E-state index in [0.717, 1.165) is 6.42 Å². The second-order valence-electron chi connectivity index (χ2n) is 3.50. The van der Waals surface area contributed by atoms with Gasteiger partial charge in [-0.15, -0.1) is 0 Å². The zero-order chi connectivity index (χ0) is 11.4. The monoisotopic (exact) mass is 293 g/mol. The first-order valence-corrected chi connectivity index (χ1v) is 5.98. The Labute approximate surface area is 102 Å². The molecular formula is C10H13BrClNO2. The SMILES string of the molecule is CC(Br)CC(C)NC(=O)c1ccoc1Cl. The maximum Gasteiger partial charge on any atom is 0.256 e. The predicted molar refractivity (Wildman–Crippen MR) is 63.7 cm³/mol. The summed E-state index contributed by atoms with van der Waals surface area (Å²) in [6.45, 7) is 3.98. The minimum Gasteiger partial charge on any atom is -0.452 e. The smallest absolute Gasteiger partial charge is 0.256 e. The van der Waals surface area contributed by atoms with E-state index in [1.54, 1.807) is 6.07 Å². The predicted octanol–water partition coefficient (Wildman–Crippen LogP) is 3.22. The van der Waals surface area contributed by atoms with Crippen molar-refractivity contribution in [2.24, 2.45) is 0 Å². The van der Waals surface area contributed by atoms with Crippen LogP contribution in [-0.2, 0) is 0 Å². The molecular weight excluding hydrogens is 281 g/mol. The van der Waals surface area contributed by atoms with Gasteiger partial charge in [0.25, 0.3) is 5.91 Å². The van der Waals surface area contributed by atoms with Crippen LogP contribution in [0.1, 0.15) is 30.6 Å². The number of carbonyl (C=O) groups excluding carboxylic acids is 1. The van der Waals surface area contributed by atoms with Crippen LogP contribution in [0, 0.1) is 0 Å². The highest BCUT2D eigenvalue weighted by atomic mass is 79.9. The molecule has 0 spiro atoms. The molecule has 0 aliphatic carbocycles. The van der Waals surface area contributed by atoms with E-state index in [0.29, 0.717) is 10.4 Å². The topological polar surface area (TPSA) is 42.2 Å². The summed E-state index contributed by atoms with van der Waals surface area (Å²) in [5.41, 5.74) is 0.380. The molecule has 0 aliphatic heterocycles. The van der Waals surface area contributed by atoms with Crippen LogP contribution in [0.2, 0.25) is 5.22 Å². The fourth-order valence-electron chi connectivity index (χ4n) is 1.30. The molecule has 0 fully saturated rings. The van der Waals surface area contributed by atoms with E-state index in [1.165, 1.54) is 6.26 Å². The number of nitrogens with one attached hydrogen (secondary N) is 1. The Bertz CT molecular complexity index is 338. The lowest BCUT2D eigenvalue weighted by Crippen LogP contribution is -2.33. The molecule has 0 saturated carbocycles. The van der Waals surface area contributed by atoms with Gasteiger partial charge in [-0.05, 0) is 31.0 Å². The second-order valence-corrected chi connectivity index (χ2v) is 5.41. The Kier molecular flexibility index (Phi) is 4.67. The zero-order valence-corrected chi connectivity index (χ0v) is 10.9. The van der Waals surface area contributed by atoms with E-state index in [4.69, 9.17) is 16.0 Å². The summed E-state index contributed by atoms with van der Waals surface area (Å²) in [7, 11) is 0. The fourth-order valence-corrected chi connectivity index (χ4v) is 2.06. The Balaban J connectivity index is 2.53. The van der Waals surface area contributed by atoms with Crippen LogP contribution in [-0.4, -0.2) is 16.8 Å². The lowest BCUT2D eigenvalue weighted by molar-refractivity contribution is 0.0938. The number of alkyl halides is 1. The van der Waals surface area contributed by atoms with Gasteiger partial charge >= 0.3 is 0 Å². The molecule has 1 rings (SSSR count). The van der Waals surface area contributed by atoms with Gasteiger partial charge in [0.2, 0.25) is 5.22 Å². The van der Waals surface area contributed by atoms with Gasteiger partial charge in [-0.25, -0.2) is 0 Å². The molecule has 1 amide bonds. The van der Waals surface area contributed by atoms with E-state index in [2.05, 4.69) is 21.2 Å². The summed E-state index contributed by atoms with van der Waals surface area (Å²) in [5, 5.41) is 2.97. The molecule has 2 atom stereocenters. The number of halogens is 2. The van der Waals surface area contributed by atoms with Crippen LogP contribution >= 0.6 is 27.5 Å². The second kappa shape index (κ2) is 5.56. The molecule has 1 aromatic heterocycles. The van der Waals surface area contributed by atoms with Gasteiger partial charge < -0.3 is 9.73 Å². The van der Waals surface area contributed by atoms with Crippen molar-refractivity contribution in [3.8, 4) is 0 Å². The zero-order valence-electron chi connectivity index (χ0n) is 8.59. The molecule has 0 bridgehead atoms. The van der Waals surface area contributed by atoms with Crippen molar-refractivity contribution in [2.45, 2.75) is 31.1 Å². The Morgan fingerprint density at radius 2 is 2.33 bits per heavy atom. The Hall–Kier alpha value is -0.480. The van der Waals surface area contributed by atoms with E-state index in [-0.39, 0.29) is 17.2 Å². The summed E-state index contributed by atoms with van der Waals surface area (Å²) in [6, 6.07) is 1.65. The summed E-state index contributed by atoms with van der Waals surface area (Å²) >= 11 is 9.12. The van der Waals surface area contributed by atoms with Gasteiger partial charge in [-0.2, -0.15) is 0 Å². The molecule has 5 heteroatoms. The van der Waals surface area contributed by atoms with Crippen LogP contribution in [0.4, 0.5) is 0 Å². The number of furan rings is 1. The van der Waals surface area contributed by atoms with E-state index < -0.39 is 0 Å². The number of carbonyl (C=O) groups is 1. The van der Waals surface area contributed by atoms with Crippen molar-refractivity contribution in [1.29, 1.82) is 0 Å². The van der Waals surface area contributed by atoms with Crippen molar-refractivity contribution in [1.82, 2.24) is 5.32 Å². The molecule has 3 nitrogen and oxygen atoms in total. The highest BCUT2D eigenvalue weighted by Crippen LogP contribution is 2.16. The van der Waals surface area contributed by atoms with Gasteiger partial charge in [0, 0.05) is 10.9 Å². The number of hydrogen-bond donors (Lipinski definition) is 1. The maximum atomic E-state index is 11.6. The van der Waals surface area contributed by atoms with E-state index in [1.807, 2.05) is 13.8 Å². The van der Waals surface area contributed by atoms with Crippen LogP contribution in [0.25, 0.3) is 0 Å². The van der Waals surface area contributed by atoms with Gasteiger partial charge in [0.1, 0.15) is 0 Å². The molecule has 1 heterocycles. The molecule has 1 N–H and O–H groups in total. The molecule has 84 valence electrons. The lowest BCUT2D eigenvalue weighted by Gasteiger charge is -2.14. The Morgan fingerprint density at radius 3 is 2.80 bits per heavy atom. The first kappa shape index (κ1) is 12.6. The number of rotatable bonds is 4. The first-order valence-electron chi connectivity index (χ1n) is 4.68. The molecule has 0 saturated heterocycles. The third-order valence-electron chi connectivity index (χ3n) is 1.92. The van der Waals surface area contributed by atoms with E-state index in [9.17, 15) is 4.79 Å². The van der Waals surface area contributed by atoms with Gasteiger partial charge in [-0.3, -0.25) is 4.79 Å². The van der Waals surface area contributed by atoms with Crippen molar-refractivity contribution in [3.05, 3.63) is 23.1 Å². The first-order chi connectivity index (χ1) is 7.00. The van der Waals surface area contributed by atoms with Gasteiger partial charge in [-0.1, -0.05) is 22.9 Å². The minimum atomic E-state index is -0.200. The molecule has 0 aromatic carbocycles. The third kappa shape index (κ3) is 3.87. The van der Waals surface area contributed by atoms with E-state index >= 15 is 0 Å². The summed E-state index contributed by atoms with van der Waals surface area (Å²) < 4.78 is 4.84. The molecule has 0 radical (unpaired) electrons. The maximum absolute atomic E-state index is 11.6. The highest BCUT2D eigenvalue weighted by molar-refractivity contribution is 9.09. The standard InChI is InChI=1S/C10H13BrClNO2/c1-6(11)5-7(2)13-10(14)8-3-4-15-9(8)12/h3-4,6-7H,5H2,1-2H3,(H,13,14). The molecule has 2 unspecified atom stereocenters. The highest BCUT2D eigenvalue weighted by Gasteiger charge is 2.15. The number of amides is 1. The van der Waals surface area contributed by atoms with Crippen molar-refractivity contribution in [3.63, 3.8) is 0 Å². The van der Waals surface area contributed by atoms with Crippen LogP contribution in [0.15, 0.2) is 16.7 Å². The van der Waals surface area contributed by atoms with Crippen LogP contribution < -0.4 is 5.32 Å². The van der Waals surface area contributed by atoms with Gasteiger partial charge in [0.05, 0.1) is 11.8 Å². The summed E-state index contributed by atoms with van der Waals surface area (Å²) in [5.74, 6) is -0.200. The quantitative estimate of drug-likeness (QED) is 0.866. The number of hydrogen-bond acceptors (Lipinski definition) is 2. The third-order valence-corrected chi connectivity index (χ3v) is 2.58. The average Bonchev–Trinajstić information content (AvgIpc) is 2.49. The van der Waals surface area contributed by atoms with Crippen molar-refractivity contribution in [2.75, 3.05) is 0 Å². The van der Waals surface area contributed by atoms with Crippen molar-refractivity contribution >= 4 is 33.4 Å². The largest absolute Gasteiger partial charge is 0.452 e. The molecule has 1 aromatic rings. The van der Waals surface area contributed by atoms with Crippen molar-refractivity contribution < 1.29 is 9.21 Å². The minimum absolute atomic E-state index is 0.0952. The lowest BCUT2D eigenvalue weighted by atomic mass is 10.2. The Morgan fingerprint density at radius 1 is 1.67 bits per heavy atom. The van der Waals surface area contributed by atoms with Crippen LogP contribution in [0.3, 0.4) is 0 Å². The summed E-state index contributed by atoms with van der Waals surface area (Å²) in [6.07, 6.45) is 2.26.